The summed E-state index contributed by atoms with van der Waals surface area (Å²) in [4.78, 5) is 4.59. The number of thiazole rings is 1. The Morgan fingerprint density at radius 1 is 1.25 bits per heavy atom. The zero-order valence-corrected chi connectivity index (χ0v) is 13.4. The zero-order valence-electron chi connectivity index (χ0n) is 12.6. The fraction of sp³-hybridized carbons (Fsp3) is 0.438. The second kappa shape index (κ2) is 6.37. The van der Waals surface area contributed by atoms with E-state index < -0.39 is 0 Å². The monoisotopic (exact) mass is 290 g/mol. The van der Waals surface area contributed by atoms with Gasteiger partial charge in [-0.15, -0.1) is 11.3 Å². The first-order valence-corrected chi connectivity index (χ1v) is 7.76. The Bertz CT molecular complexity index is 567. The van der Waals surface area contributed by atoms with Crippen molar-refractivity contribution in [3.8, 4) is 5.75 Å². The minimum Gasteiger partial charge on any atom is -0.487 e. The van der Waals surface area contributed by atoms with Crippen LogP contribution in [0.1, 0.15) is 47.2 Å². The normalized spacial score (nSPS) is 11.1. The molecular weight excluding hydrogens is 268 g/mol. The summed E-state index contributed by atoms with van der Waals surface area (Å²) in [5, 5.41) is 3.24. The number of aromatic nitrogens is 1. The Hall–Kier alpha value is -1.39. The van der Waals surface area contributed by atoms with E-state index in [1.165, 1.54) is 0 Å². The van der Waals surface area contributed by atoms with Crippen molar-refractivity contribution >= 4 is 11.3 Å². The van der Waals surface area contributed by atoms with Gasteiger partial charge in [-0.05, 0) is 30.5 Å². The molecule has 4 heteroatoms. The van der Waals surface area contributed by atoms with Crippen LogP contribution in [0.5, 0.6) is 5.75 Å². The topological polar surface area (TPSA) is 48.1 Å². The van der Waals surface area contributed by atoms with Gasteiger partial charge in [-0.1, -0.05) is 26.0 Å². The standard InChI is InChI=1S/C16H22N2OS/c1-10(2)16-18-14(9-20-16)8-19-15-11(3)5-13(7-17)6-12(15)4/h5-6,9-10H,7-8,17H2,1-4H3. The summed E-state index contributed by atoms with van der Waals surface area (Å²) in [5.41, 5.74) is 10.1. The van der Waals surface area contributed by atoms with Crippen molar-refractivity contribution in [3.05, 3.63) is 44.9 Å². The van der Waals surface area contributed by atoms with Crippen molar-refractivity contribution in [1.82, 2.24) is 4.98 Å². The summed E-state index contributed by atoms with van der Waals surface area (Å²) in [7, 11) is 0. The predicted molar refractivity (Wildman–Crippen MR) is 84.3 cm³/mol. The van der Waals surface area contributed by atoms with Crippen molar-refractivity contribution in [3.63, 3.8) is 0 Å². The molecule has 2 rings (SSSR count). The Labute approximate surface area is 124 Å². The van der Waals surface area contributed by atoms with Crippen LogP contribution in [0.3, 0.4) is 0 Å². The molecule has 0 spiro atoms. The Morgan fingerprint density at radius 3 is 2.40 bits per heavy atom. The van der Waals surface area contributed by atoms with Gasteiger partial charge in [-0.25, -0.2) is 4.98 Å². The van der Waals surface area contributed by atoms with Crippen LogP contribution in [0.15, 0.2) is 17.5 Å². The highest BCUT2D eigenvalue weighted by molar-refractivity contribution is 7.09. The van der Waals surface area contributed by atoms with Crippen molar-refractivity contribution in [2.75, 3.05) is 0 Å². The van der Waals surface area contributed by atoms with Gasteiger partial charge in [-0.3, -0.25) is 0 Å². The molecule has 2 aromatic rings. The van der Waals surface area contributed by atoms with E-state index in [4.69, 9.17) is 10.5 Å². The number of ether oxygens (including phenoxy) is 1. The van der Waals surface area contributed by atoms with Crippen molar-refractivity contribution in [1.29, 1.82) is 0 Å². The van der Waals surface area contributed by atoms with Crippen LogP contribution in [-0.4, -0.2) is 4.98 Å². The van der Waals surface area contributed by atoms with Crippen LogP contribution in [0, 0.1) is 13.8 Å². The van der Waals surface area contributed by atoms with Gasteiger partial charge in [0.15, 0.2) is 0 Å². The lowest BCUT2D eigenvalue weighted by atomic mass is 10.1. The van der Waals surface area contributed by atoms with E-state index in [2.05, 4.69) is 50.2 Å². The van der Waals surface area contributed by atoms with E-state index in [0.717, 1.165) is 33.1 Å². The van der Waals surface area contributed by atoms with E-state index in [1.54, 1.807) is 11.3 Å². The lowest BCUT2D eigenvalue weighted by molar-refractivity contribution is 0.297. The second-order valence-electron chi connectivity index (χ2n) is 5.38. The summed E-state index contributed by atoms with van der Waals surface area (Å²) in [5.74, 6) is 1.42. The molecule has 2 N–H and O–H groups in total. The fourth-order valence-corrected chi connectivity index (χ4v) is 3.01. The van der Waals surface area contributed by atoms with Gasteiger partial charge in [0.05, 0.1) is 10.7 Å². The summed E-state index contributed by atoms with van der Waals surface area (Å²) in [6, 6.07) is 4.17. The summed E-state index contributed by atoms with van der Waals surface area (Å²) in [6.07, 6.45) is 0. The first-order valence-electron chi connectivity index (χ1n) is 6.88. The maximum atomic E-state index is 5.95. The fourth-order valence-electron chi connectivity index (χ4n) is 2.19. The molecule has 1 heterocycles. The van der Waals surface area contributed by atoms with Crippen LogP contribution in [0.4, 0.5) is 0 Å². The number of hydrogen-bond acceptors (Lipinski definition) is 4. The van der Waals surface area contributed by atoms with E-state index in [1.807, 2.05) is 0 Å². The maximum absolute atomic E-state index is 5.95. The number of nitrogens with zero attached hydrogens (tertiary/aromatic N) is 1. The Kier molecular flexibility index (Phi) is 4.78. The van der Waals surface area contributed by atoms with Crippen molar-refractivity contribution in [2.24, 2.45) is 5.73 Å². The zero-order chi connectivity index (χ0) is 14.7. The average molecular weight is 290 g/mol. The molecule has 0 unspecified atom stereocenters. The van der Waals surface area contributed by atoms with Crippen LogP contribution < -0.4 is 10.5 Å². The van der Waals surface area contributed by atoms with E-state index in [-0.39, 0.29) is 0 Å². The molecule has 0 aliphatic heterocycles. The van der Waals surface area contributed by atoms with Crippen LogP contribution in [0.25, 0.3) is 0 Å². The first-order chi connectivity index (χ1) is 9.51. The third-order valence-electron chi connectivity index (χ3n) is 3.18. The lowest BCUT2D eigenvalue weighted by Gasteiger charge is -2.13. The molecule has 0 fully saturated rings. The van der Waals surface area contributed by atoms with Gasteiger partial charge >= 0.3 is 0 Å². The number of nitrogens with two attached hydrogens (primary N) is 1. The molecule has 1 aromatic carbocycles. The average Bonchev–Trinajstić information content (AvgIpc) is 2.86. The van der Waals surface area contributed by atoms with Crippen molar-refractivity contribution in [2.45, 2.75) is 46.8 Å². The Balaban J connectivity index is 2.10. The molecular formula is C16H22N2OS. The predicted octanol–water partition coefficient (Wildman–Crippen LogP) is 3.92. The number of rotatable bonds is 5. The number of hydrogen-bond donors (Lipinski definition) is 1. The molecule has 3 nitrogen and oxygen atoms in total. The molecule has 20 heavy (non-hydrogen) atoms. The van der Waals surface area contributed by atoms with Gasteiger partial charge < -0.3 is 10.5 Å². The minimum atomic E-state index is 0.473. The lowest BCUT2D eigenvalue weighted by Crippen LogP contribution is -2.03. The van der Waals surface area contributed by atoms with Crippen molar-refractivity contribution < 1.29 is 4.74 Å². The first kappa shape index (κ1) is 15.0. The van der Waals surface area contributed by atoms with Crippen LogP contribution in [-0.2, 0) is 13.2 Å². The summed E-state index contributed by atoms with van der Waals surface area (Å²) >= 11 is 1.70. The SMILES string of the molecule is Cc1cc(CN)cc(C)c1OCc1csc(C(C)C)n1. The van der Waals surface area contributed by atoms with Crippen LogP contribution in [0.2, 0.25) is 0 Å². The van der Waals surface area contributed by atoms with Crippen LogP contribution >= 0.6 is 11.3 Å². The molecule has 0 amide bonds. The number of aryl methyl sites for hydroxylation is 2. The third-order valence-corrected chi connectivity index (χ3v) is 4.38. The highest BCUT2D eigenvalue weighted by Gasteiger charge is 2.09. The maximum Gasteiger partial charge on any atom is 0.131 e. The molecule has 0 aliphatic carbocycles. The van der Waals surface area contributed by atoms with E-state index in [9.17, 15) is 0 Å². The summed E-state index contributed by atoms with van der Waals surface area (Å²) in [6.45, 7) is 9.51. The Morgan fingerprint density at radius 2 is 1.90 bits per heavy atom. The molecule has 0 atom stereocenters. The molecule has 1 aromatic heterocycles. The summed E-state index contributed by atoms with van der Waals surface area (Å²) < 4.78 is 5.95. The molecule has 0 aliphatic rings. The van der Waals surface area contributed by atoms with Gasteiger partial charge in [0.25, 0.3) is 0 Å². The number of benzene rings is 1. The minimum absolute atomic E-state index is 0.473. The molecule has 0 radical (unpaired) electrons. The van der Waals surface area contributed by atoms with E-state index >= 15 is 0 Å². The van der Waals surface area contributed by atoms with Gasteiger partial charge in [0.2, 0.25) is 0 Å². The molecule has 0 bridgehead atoms. The molecule has 0 saturated carbocycles. The largest absolute Gasteiger partial charge is 0.487 e. The smallest absolute Gasteiger partial charge is 0.131 e. The highest BCUT2D eigenvalue weighted by Crippen LogP contribution is 2.26. The second-order valence-corrected chi connectivity index (χ2v) is 6.27. The van der Waals surface area contributed by atoms with E-state index in [0.29, 0.717) is 19.1 Å². The molecule has 108 valence electrons. The third kappa shape index (κ3) is 3.38. The van der Waals surface area contributed by atoms with Gasteiger partial charge in [0, 0.05) is 17.8 Å². The molecule has 0 saturated heterocycles. The van der Waals surface area contributed by atoms with Gasteiger partial charge in [0.1, 0.15) is 12.4 Å². The highest BCUT2D eigenvalue weighted by atomic mass is 32.1. The van der Waals surface area contributed by atoms with Gasteiger partial charge in [-0.2, -0.15) is 0 Å². The quantitative estimate of drug-likeness (QED) is 0.908.